The average molecular weight is 503 g/mol. The standard InChI is InChI=1S/C28H27ClN4OS/c1-17-11-12-20(29)15-25(17)32-18(2)14-23(19(32)3)27-26(24-10-5-6-13-30-24)31-28(35)33(27)21-8-7-9-22(16-21)34-4/h5-16,26-27H,1-4H3,(H,31,35)/t26-,27-/m0/s1. The first-order chi connectivity index (χ1) is 16.9. The number of thiocarbonyl (C=S) groups is 1. The second-order valence-electron chi connectivity index (χ2n) is 8.79. The quantitative estimate of drug-likeness (QED) is 0.310. The first kappa shape index (κ1) is 23.4. The van der Waals surface area contributed by atoms with E-state index in [0.717, 1.165) is 39.8 Å². The molecule has 1 aliphatic heterocycles. The molecule has 0 amide bonds. The zero-order chi connectivity index (χ0) is 24.7. The fourth-order valence-electron chi connectivity index (χ4n) is 4.99. The van der Waals surface area contributed by atoms with E-state index in [0.29, 0.717) is 10.1 Å². The Morgan fingerprint density at radius 3 is 2.57 bits per heavy atom. The van der Waals surface area contributed by atoms with Crippen molar-refractivity contribution in [2.24, 2.45) is 0 Å². The molecular weight excluding hydrogens is 476 g/mol. The summed E-state index contributed by atoms with van der Waals surface area (Å²) >= 11 is 12.3. The van der Waals surface area contributed by atoms with Crippen molar-refractivity contribution >= 4 is 34.6 Å². The summed E-state index contributed by atoms with van der Waals surface area (Å²) in [5.74, 6) is 0.783. The molecule has 0 spiro atoms. The fourth-order valence-corrected chi connectivity index (χ4v) is 5.50. The van der Waals surface area contributed by atoms with Gasteiger partial charge in [0.1, 0.15) is 5.75 Å². The normalized spacial score (nSPS) is 17.5. The Balaban J connectivity index is 1.70. The molecule has 0 bridgehead atoms. The van der Waals surface area contributed by atoms with E-state index in [1.807, 2.05) is 54.7 Å². The van der Waals surface area contributed by atoms with Gasteiger partial charge in [-0.3, -0.25) is 4.98 Å². The number of hydrogen-bond donors (Lipinski definition) is 1. The van der Waals surface area contributed by atoms with Gasteiger partial charge in [0, 0.05) is 40.0 Å². The van der Waals surface area contributed by atoms with E-state index in [2.05, 4.69) is 58.7 Å². The Hall–Kier alpha value is -3.35. The molecule has 2 atom stereocenters. The topological polar surface area (TPSA) is 42.3 Å². The molecule has 1 fully saturated rings. The van der Waals surface area contributed by atoms with Crippen LogP contribution in [-0.4, -0.2) is 21.8 Å². The summed E-state index contributed by atoms with van der Waals surface area (Å²) < 4.78 is 7.79. The number of hydrogen-bond acceptors (Lipinski definition) is 3. The predicted molar refractivity (Wildman–Crippen MR) is 146 cm³/mol. The van der Waals surface area contributed by atoms with Crippen LogP contribution in [0.1, 0.15) is 40.3 Å². The van der Waals surface area contributed by atoms with Crippen LogP contribution in [-0.2, 0) is 0 Å². The summed E-state index contributed by atoms with van der Waals surface area (Å²) in [7, 11) is 1.68. The third-order valence-electron chi connectivity index (χ3n) is 6.63. The highest BCUT2D eigenvalue weighted by atomic mass is 35.5. The van der Waals surface area contributed by atoms with Gasteiger partial charge in [0.05, 0.1) is 24.9 Å². The van der Waals surface area contributed by atoms with E-state index in [-0.39, 0.29) is 12.1 Å². The first-order valence-electron chi connectivity index (χ1n) is 11.5. The molecule has 1 aliphatic rings. The summed E-state index contributed by atoms with van der Waals surface area (Å²) in [5, 5.41) is 4.92. The number of methoxy groups -OCH3 is 1. The Kier molecular flexibility index (Phi) is 6.26. The van der Waals surface area contributed by atoms with Gasteiger partial charge >= 0.3 is 0 Å². The number of halogens is 1. The average Bonchev–Trinajstić information content (AvgIpc) is 3.36. The Morgan fingerprint density at radius 1 is 1.00 bits per heavy atom. The number of anilines is 1. The van der Waals surface area contributed by atoms with Crippen molar-refractivity contribution in [3.05, 3.63) is 106 Å². The first-order valence-corrected chi connectivity index (χ1v) is 12.3. The molecule has 5 rings (SSSR count). The molecule has 7 heteroatoms. The Labute approximate surface area is 216 Å². The summed E-state index contributed by atoms with van der Waals surface area (Å²) in [5.41, 5.74) is 7.59. The molecule has 178 valence electrons. The van der Waals surface area contributed by atoms with Gasteiger partial charge in [-0.2, -0.15) is 0 Å². The highest BCUT2D eigenvalue weighted by molar-refractivity contribution is 7.80. The molecule has 0 aliphatic carbocycles. The van der Waals surface area contributed by atoms with Crippen molar-refractivity contribution in [1.82, 2.24) is 14.9 Å². The Bertz CT molecular complexity index is 1400. The van der Waals surface area contributed by atoms with Gasteiger partial charge < -0.3 is 19.5 Å². The van der Waals surface area contributed by atoms with Crippen molar-refractivity contribution in [3.63, 3.8) is 0 Å². The minimum absolute atomic E-state index is 0.107. The van der Waals surface area contributed by atoms with Crippen molar-refractivity contribution in [3.8, 4) is 11.4 Å². The highest BCUT2D eigenvalue weighted by Gasteiger charge is 2.42. The minimum Gasteiger partial charge on any atom is -0.497 e. The number of rotatable bonds is 5. The van der Waals surface area contributed by atoms with Crippen LogP contribution in [0.2, 0.25) is 5.02 Å². The second-order valence-corrected chi connectivity index (χ2v) is 9.61. The smallest absolute Gasteiger partial charge is 0.174 e. The molecule has 3 heterocycles. The van der Waals surface area contributed by atoms with E-state index < -0.39 is 0 Å². The lowest BCUT2D eigenvalue weighted by Crippen LogP contribution is -2.29. The fraction of sp³-hybridized carbons (Fsp3) is 0.214. The number of aromatic nitrogens is 2. The van der Waals surface area contributed by atoms with Gasteiger partial charge in [-0.1, -0.05) is 29.8 Å². The summed E-state index contributed by atoms with van der Waals surface area (Å²) in [6, 6.07) is 22.0. The summed E-state index contributed by atoms with van der Waals surface area (Å²) in [6.07, 6.45) is 1.82. The second kappa shape index (κ2) is 9.36. The van der Waals surface area contributed by atoms with Gasteiger partial charge in [0.2, 0.25) is 0 Å². The predicted octanol–water partition coefficient (Wildman–Crippen LogP) is 6.64. The van der Waals surface area contributed by atoms with Gasteiger partial charge in [-0.25, -0.2) is 0 Å². The zero-order valence-electron chi connectivity index (χ0n) is 20.1. The van der Waals surface area contributed by atoms with Crippen molar-refractivity contribution in [2.45, 2.75) is 32.9 Å². The number of nitrogens with one attached hydrogen (secondary N) is 1. The molecule has 0 unspecified atom stereocenters. The van der Waals surface area contributed by atoms with Crippen LogP contribution in [0.3, 0.4) is 0 Å². The van der Waals surface area contributed by atoms with E-state index in [1.54, 1.807) is 7.11 Å². The zero-order valence-corrected chi connectivity index (χ0v) is 21.7. The molecule has 4 aromatic rings. The third-order valence-corrected chi connectivity index (χ3v) is 7.18. The number of nitrogens with zero attached hydrogens (tertiary/aromatic N) is 3. The van der Waals surface area contributed by atoms with Crippen molar-refractivity contribution in [2.75, 3.05) is 12.0 Å². The maximum atomic E-state index is 6.39. The van der Waals surface area contributed by atoms with Crippen LogP contribution < -0.4 is 15.0 Å². The van der Waals surface area contributed by atoms with Crippen molar-refractivity contribution in [1.29, 1.82) is 0 Å². The van der Waals surface area contributed by atoms with E-state index in [9.17, 15) is 0 Å². The van der Waals surface area contributed by atoms with Gasteiger partial charge in [-0.05, 0) is 86.6 Å². The van der Waals surface area contributed by atoms with Gasteiger partial charge in [0.25, 0.3) is 0 Å². The van der Waals surface area contributed by atoms with Crippen LogP contribution in [0.5, 0.6) is 5.75 Å². The van der Waals surface area contributed by atoms with E-state index in [1.165, 1.54) is 5.56 Å². The van der Waals surface area contributed by atoms with Gasteiger partial charge in [-0.15, -0.1) is 0 Å². The molecule has 1 N–H and O–H groups in total. The highest BCUT2D eigenvalue weighted by Crippen LogP contribution is 2.44. The minimum atomic E-state index is -0.121. The molecule has 1 saturated heterocycles. The summed E-state index contributed by atoms with van der Waals surface area (Å²) in [4.78, 5) is 6.85. The number of benzene rings is 2. The lowest BCUT2D eigenvalue weighted by molar-refractivity contribution is 0.415. The van der Waals surface area contributed by atoms with Crippen LogP contribution in [0.4, 0.5) is 5.69 Å². The molecule has 0 radical (unpaired) electrons. The van der Waals surface area contributed by atoms with Crippen LogP contribution in [0.15, 0.2) is 72.9 Å². The largest absolute Gasteiger partial charge is 0.497 e. The molecule has 35 heavy (non-hydrogen) atoms. The molecule has 5 nitrogen and oxygen atoms in total. The van der Waals surface area contributed by atoms with Crippen LogP contribution in [0.25, 0.3) is 5.69 Å². The van der Waals surface area contributed by atoms with Gasteiger partial charge in [0.15, 0.2) is 5.11 Å². The summed E-state index contributed by atoms with van der Waals surface area (Å²) in [6.45, 7) is 6.39. The monoisotopic (exact) mass is 502 g/mol. The molecular formula is C28H27ClN4OS. The molecule has 2 aromatic carbocycles. The lowest BCUT2D eigenvalue weighted by atomic mass is 9.96. The molecule has 0 saturated carbocycles. The SMILES string of the molecule is COc1cccc(N2C(=S)N[C@@H](c3ccccn3)[C@@H]2c2cc(C)n(-c3cc(Cl)ccc3C)c2C)c1. The maximum absolute atomic E-state index is 6.39. The number of pyridine rings is 1. The van der Waals surface area contributed by atoms with Crippen molar-refractivity contribution < 1.29 is 4.74 Å². The van der Waals surface area contributed by atoms with Crippen LogP contribution in [0, 0.1) is 20.8 Å². The van der Waals surface area contributed by atoms with E-state index in [4.69, 9.17) is 28.6 Å². The van der Waals surface area contributed by atoms with Crippen LogP contribution >= 0.6 is 23.8 Å². The number of ether oxygens (including phenoxy) is 1. The maximum Gasteiger partial charge on any atom is 0.174 e. The number of aryl methyl sites for hydroxylation is 2. The lowest BCUT2D eigenvalue weighted by Gasteiger charge is -2.28. The third kappa shape index (κ3) is 4.17. The Morgan fingerprint density at radius 2 is 1.83 bits per heavy atom. The molecule has 2 aromatic heterocycles. The van der Waals surface area contributed by atoms with E-state index >= 15 is 0 Å².